The predicted molar refractivity (Wildman–Crippen MR) is 90.9 cm³/mol. The van der Waals surface area contributed by atoms with Gasteiger partial charge in [0, 0.05) is 22.7 Å². The summed E-state index contributed by atoms with van der Waals surface area (Å²) in [6, 6.07) is 12.6. The van der Waals surface area contributed by atoms with E-state index in [0.29, 0.717) is 16.2 Å². The van der Waals surface area contributed by atoms with Gasteiger partial charge in [0.1, 0.15) is 0 Å². The zero-order valence-corrected chi connectivity index (χ0v) is 13.1. The number of carbonyl (C=O) groups is 2. The standard InChI is InChI=1S/C19H14ClNO2/c20-14-8-6-12(7-9-14)17(22)11-16-15-5-1-3-13-4-2-10-21(18(13)15)19(16)23/h1,3,5-9,11H,2,4,10H2/b16-11-. The Hall–Kier alpha value is -2.39. The number of nitrogens with zero attached hydrogens (tertiary/aromatic N) is 1. The largest absolute Gasteiger partial charge is 0.307 e. The van der Waals surface area contributed by atoms with Gasteiger partial charge < -0.3 is 4.90 Å². The number of anilines is 1. The van der Waals surface area contributed by atoms with Crippen LogP contribution in [0.3, 0.4) is 0 Å². The molecule has 2 aliphatic heterocycles. The van der Waals surface area contributed by atoms with E-state index >= 15 is 0 Å². The number of halogens is 1. The summed E-state index contributed by atoms with van der Waals surface area (Å²) >= 11 is 5.85. The van der Waals surface area contributed by atoms with Crippen molar-refractivity contribution in [3.63, 3.8) is 0 Å². The zero-order valence-electron chi connectivity index (χ0n) is 12.4. The number of amides is 1. The lowest BCUT2D eigenvalue weighted by molar-refractivity contribution is -0.113. The van der Waals surface area contributed by atoms with Crippen LogP contribution in [0.15, 0.2) is 48.5 Å². The Morgan fingerprint density at radius 3 is 2.70 bits per heavy atom. The number of ketones is 1. The van der Waals surface area contributed by atoms with Crippen molar-refractivity contribution in [3.05, 3.63) is 70.3 Å². The minimum absolute atomic E-state index is 0.0746. The van der Waals surface area contributed by atoms with Crippen molar-refractivity contribution in [1.29, 1.82) is 0 Å². The lowest BCUT2D eigenvalue weighted by atomic mass is 9.98. The van der Waals surface area contributed by atoms with E-state index in [9.17, 15) is 9.59 Å². The minimum Gasteiger partial charge on any atom is -0.307 e. The molecule has 0 aliphatic carbocycles. The lowest BCUT2D eigenvalue weighted by Crippen LogP contribution is -2.31. The molecule has 0 fully saturated rings. The molecule has 0 spiro atoms. The molecule has 2 aliphatic rings. The third-order valence-corrected chi connectivity index (χ3v) is 4.64. The summed E-state index contributed by atoms with van der Waals surface area (Å²) in [4.78, 5) is 27.0. The molecule has 1 amide bonds. The van der Waals surface area contributed by atoms with Crippen molar-refractivity contribution in [2.24, 2.45) is 0 Å². The van der Waals surface area contributed by atoms with Crippen LogP contribution < -0.4 is 4.90 Å². The molecule has 0 aromatic heterocycles. The minimum atomic E-state index is -0.178. The second kappa shape index (κ2) is 5.36. The highest BCUT2D eigenvalue weighted by Crippen LogP contribution is 2.42. The van der Waals surface area contributed by atoms with Crippen molar-refractivity contribution in [2.45, 2.75) is 12.8 Å². The van der Waals surface area contributed by atoms with Crippen LogP contribution in [-0.2, 0) is 11.2 Å². The Labute approximate surface area is 139 Å². The molecule has 0 bridgehead atoms. The van der Waals surface area contributed by atoms with E-state index in [1.54, 1.807) is 29.2 Å². The van der Waals surface area contributed by atoms with Gasteiger partial charge in [0.05, 0.1) is 11.3 Å². The van der Waals surface area contributed by atoms with Gasteiger partial charge in [-0.2, -0.15) is 0 Å². The fourth-order valence-corrected chi connectivity index (χ4v) is 3.43. The van der Waals surface area contributed by atoms with E-state index in [2.05, 4.69) is 6.07 Å². The molecule has 0 unspecified atom stereocenters. The maximum absolute atomic E-state index is 12.7. The van der Waals surface area contributed by atoms with Crippen LogP contribution in [0.25, 0.3) is 5.57 Å². The SMILES string of the molecule is O=C(/C=C1\C(=O)N2CCCc3cccc1c32)c1ccc(Cl)cc1. The first-order chi connectivity index (χ1) is 11.1. The number of benzene rings is 2. The highest BCUT2D eigenvalue weighted by molar-refractivity contribution is 6.36. The molecule has 4 rings (SSSR count). The Morgan fingerprint density at radius 1 is 1.13 bits per heavy atom. The second-order valence-electron chi connectivity index (χ2n) is 5.80. The number of carbonyl (C=O) groups excluding carboxylic acids is 2. The third kappa shape index (κ3) is 2.28. The average Bonchev–Trinajstić information content (AvgIpc) is 2.84. The van der Waals surface area contributed by atoms with Gasteiger partial charge in [-0.05, 0) is 48.7 Å². The number of aryl methyl sites for hydroxylation is 1. The van der Waals surface area contributed by atoms with Gasteiger partial charge in [0.15, 0.2) is 5.78 Å². The van der Waals surface area contributed by atoms with Gasteiger partial charge >= 0.3 is 0 Å². The Morgan fingerprint density at radius 2 is 1.91 bits per heavy atom. The van der Waals surface area contributed by atoms with Crippen LogP contribution >= 0.6 is 11.6 Å². The molecule has 0 radical (unpaired) electrons. The van der Waals surface area contributed by atoms with E-state index in [0.717, 1.165) is 30.6 Å². The van der Waals surface area contributed by atoms with Gasteiger partial charge in [0.2, 0.25) is 0 Å². The highest BCUT2D eigenvalue weighted by Gasteiger charge is 2.36. The van der Waals surface area contributed by atoms with Crippen LogP contribution in [0.2, 0.25) is 5.02 Å². The lowest BCUT2D eigenvalue weighted by Gasteiger charge is -2.24. The Balaban J connectivity index is 1.78. The number of hydrogen-bond acceptors (Lipinski definition) is 2. The third-order valence-electron chi connectivity index (χ3n) is 4.39. The molecule has 0 N–H and O–H groups in total. The number of hydrogen-bond donors (Lipinski definition) is 0. The summed E-state index contributed by atoms with van der Waals surface area (Å²) in [6.07, 6.45) is 3.39. The van der Waals surface area contributed by atoms with Crippen LogP contribution in [0.5, 0.6) is 0 Å². The Kier molecular flexibility index (Phi) is 3.31. The van der Waals surface area contributed by atoms with E-state index < -0.39 is 0 Å². The number of rotatable bonds is 2. The summed E-state index contributed by atoms with van der Waals surface area (Å²) in [6.45, 7) is 0.718. The second-order valence-corrected chi connectivity index (χ2v) is 6.24. The van der Waals surface area contributed by atoms with E-state index in [1.807, 2.05) is 12.1 Å². The topological polar surface area (TPSA) is 37.4 Å². The summed E-state index contributed by atoms with van der Waals surface area (Å²) in [5.74, 6) is -0.253. The zero-order chi connectivity index (χ0) is 16.0. The summed E-state index contributed by atoms with van der Waals surface area (Å²) in [5.41, 5.74) is 4.06. The van der Waals surface area contributed by atoms with Crippen molar-refractivity contribution in [3.8, 4) is 0 Å². The van der Waals surface area contributed by atoms with Crippen LogP contribution in [0.1, 0.15) is 27.9 Å². The van der Waals surface area contributed by atoms with E-state index in [1.165, 1.54) is 11.6 Å². The molecule has 4 heteroatoms. The molecule has 0 saturated carbocycles. The van der Waals surface area contributed by atoms with Gasteiger partial charge in [-0.3, -0.25) is 9.59 Å². The maximum atomic E-state index is 12.7. The van der Waals surface area contributed by atoms with Crippen LogP contribution in [0, 0.1) is 0 Å². The van der Waals surface area contributed by atoms with Crippen molar-refractivity contribution >= 4 is 34.6 Å². The first kappa shape index (κ1) is 14.2. The molecule has 2 aromatic carbocycles. The van der Waals surface area contributed by atoms with Gasteiger partial charge in [-0.25, -0.2) is 0 Å². The number of allylic oxidation sites excluding steroid dienone is 1. The molecule has 0 atom stereocenters. The van der Waals surface area contributed by atoms with E-state index in [4.69, 9.17) is 11.6 Å². The fourth-order valence-electron chi connectivity index (χ4n) is 3.30. The van der Waals surface area contributed by atoms with Crippen LogP contribution in [0.4, 0.5) is 5.69 Å². The summed E-state index contributed by atoms with van der Waals surface area (Å²) < 4.78 is 0. The summed E-state index contributed by atoms with van der Waals surface area (Å²) in [7, 11) is 0. The van der Waals surface area contributed by atoms with Gasteiger partial charge in [-0.1, -0.05) is 29.8 Å². The fraction of sp³-hybridized carbons (Fsp3) is 0.158. The predicted octanol–water partition coefficient (Wildman–Crippen LogP) is 3.90. The Bertz CT molecular complexity index is 852. The van der Waals surface area contributed by atoms with E-state index in [-0.39, 0.29) is 11.7 Å². The van der Waals surface area contributed by atoms with Gasteiger partial charge in [-0.15, -0.1) is 0 Å². The smallest absolute Gasteiger partial charge is 0.259 e. The first-order valence-corrected chi connectivity index (χ1v) is 7.98. The maximum Gasteiger partial charge on any atom is 0.259 e. The molecule has 2 aromatic rings. The molecular formula is C19H14ClNO2. The average molecular weight is 324 g/mol. The molecule has 2 heterocycles. The van der Waals surface area contributed by atoms with Crippen molar-refractivity contribution < 1.29 is 9.59 Å². The molecule has 0 saturated heterocycles. The highest BCUT2D eigenvalue weighted by atomic mass is 35.5. The molecular weight excluding hydrogens is 310 g/mol. The monoisotopic (exact) mass is 323 g/mol. The molecule has 23 heavy (non-hydrogen) atoms. The molecule has 3 nitrogen and oxygen atoms in total. The number of para-hydroxylation sites is 1. The first-order valence-electron chi connectivity index (χ1n) is 7.61. The summed E-state index contributed by atoms with van der Waals surface area (Å²) in [5, 5.41) is 0.582. The van der Waals surface area contributed by atoms with Crippen LogP contribution in [-0.4, -0.2) is 18.2 Å². The normalized spacial score (nSPS) is 17.5. The van der Waals surface area contributed by atoms with Gasteiger partial charge in [0.25, 0.3) is 5.91 Å². The van der Waals surface area contributed by atoms with Crippen molar-refractivity contribution in [2.75, 3.05) is 11.4 Å². The molecule has 114 valence electrons. The quantitative estimate of drug-likeness (QED) is 0.621. The van der Waals surface area contributed by atoms with Crippen molar-refractivity contribution in [1.82, 2.24) is 0 Å².